The lowest BCUT2D eigenvalue weighted by molar-refractivity contribution is 0.0600. The van der Waals surface area contributed by atoms with Gasteiger partial charge in [0.1, 0.15) is 0 Å². The molecule has 0 aliphatic heterocycles. The summed E-state index contributed by atoms with van der Waals surface area (Å²) in [6.45, 7) is 0. The second-order valence-corrected chi connectivity index (χ2v) is 8.98. The van der Waals surface area contributed by atoms with Crippen molar-refractivity contribution in [2.75, 3.05) is 12.4 Å². The zero-order chi connectivity index (χ0) is 25.2. The molecule has 0 heterocycles. The number of carboxylic acid groups (broad SMARTS) is 1. The van der Waals surface area contributed by atoms with E-state index in [4.69, 9.17) is 9.84 Å². The standard InChI is InChI=1S/C25H18N2O7S/c1-34-25(31)19-8-4-5-9-20(19)26-22-14-21(17-6-2-3-7-18(17)23(22)28)27-35(32,33)16-12-10-15(11-13-16)24(29)30/h2-14,26H,1H3,(H,29,30)/b27-21+. The molecule has 0 radical (unpaired) electrons. The highest BCUT2D eigenvalue weighted by atomic mass is 32.2. The third-order valence-corrected chi connectivity index (χ3v) is 6.50. The average molecular weight is 490 g/mol. The maximum Gasteiger partial charge on any atom is 0.339 e. The number of nitrogens with one attached hydrogen (secondary N) is 1. The number of carbonyl (C=O) groups excluding carboxylic acids is 2. The van der Waals surface area contributed by atoms with Gasteiger partial charge in [0, 0.05) is 11.1 Å². The third-order valence-electron chi connectivity index (χ3n) is 5.19. The van der Waals surface area contributed by atoms with Crippen LogP contribution in [0.5, 0.6) is 0 Å². The molecule has 0 spiro atoms. The Morgan fingerprint density at radius 1 is 0.914 bits per heavy atom. The fraction of sp³-hybridized carbons (Fsp3) is 0.0400. The van der Waals surface area contributed by atoms with Crippen LogP contribution in [0, 0.1) is 0 Å². The number of para-hydroxylation sites is 1. The molecule has 0 atom stereocenters. The van der Waals surface area contributed by atoms with Gasteiger partial charge < -0.3 is 15.2 Å². The number of sulfonamides is 1. The Hall–Kier alpha value is -4.57. The number of ether oxygens (including phenoxy) is 1. The van der Waals surface area contributed by atoms with Gasteiger partial charge in [0.2, 0.25) is 5.78 Å². The molecule has 1 aliphatic rings. The summed E-state index contributed by atoms with van der Waals surface area (Å²) in [4.78, 5) is 36.1. The van der Waals surface area contributed by atoms with Crippen LogP contribution in [-0.2, 0) is 14.8 Å². The maximum atomic E-state index is 13.1. The van der Waals surface area contributed by atoms with E-state index in [0.29, 0.717) is 11.3 Å². The number of hydrogen-bond donors (Lipinski definition) is 2. The Bertz CT molecular complexity index is 1520. The van der Waals surface area contributed by atoms with Gasteiger partial charge in [0.15, 0.2) is 0 Å². The molecule has 3 aromatic carbocycles. The van der Waals surface area contributed by atoms with Crippen LogP contribution < -0.4 is 5.32 Å². The highest BCUT2D eigenvalue weighted by Crippen LogP contribution is 2.26. The first-order valence-electron chi connectivity index (χ1n) is 10.2. The molecule has 0 bridgehead atoms. The first-order valence-corrected chi connectivity index (χ1v) is 11.6. The van der Waals surface area contributed by atoms with Crippen molar-refractivity contribution in [2.24, 2.45) is 4.40 Å². The summed E-state index contributed by atoms with van der Waals surface area (Å²) < 4.78 is 34.7. The van der Waals surface area contributed by atoms with Crippen molar-refractivity contribution < 1.29 is 32.6 Å². The minimum absolute atomic E-state index is 0.000519. The molecule has 35 heavy (non-hydrogen) atoms. The van der Waals surface area contributed by atoms with Crippen LogP contribution >= 0.6 is 0 Å². The molecule has 0 aromatic heterocycles. The fourth-order valence-electron chi connectivity index (χ4n) is 3.47. The van der Waals surface area contributed by atoms with Crippen LogP contribution in [0.25, 0.3) is 0 Å². The van der Waals surface area contributed by atoms with Crippen LogP contribution in [0.1, 0.15) is 36.6 Å². The molecule has 3 aromatic rings. The Morgan fingerprint density at radius 2 is 1.54 bits per heavy atom. The molecule has 10 heteroatoms. The number of carbonyl (C=O) groups is 3. The van der Waals surface area contributed by atoms with Crippen molar-refractivity contribution in [3.05, 3.63) is 107 Å². The van der Waals surface area contributed by atoms with Gasteiger partial charge in [-0.3, -0.25) is 4.79 Å². The monoisotopic (exact) mass is 490 g/mol. The van der Waals surface area contributed by atoms with Gasteiger partial charge >= 0.3 is 11.9 Å². The van der Waals surface area contributed by atoms with Crippen LogP contribution in [0.4, 0.5) is 5.69 Å². The van der Waals surface area contributed by atoms with E-state index in [9.17, 15) is 22.8 Å². The predicted octanol–water partition coefficient (Wildman–Crippen LogP) is 3.54. The number of anilines is 1. The highest BCUT2D eigenvalue weighted by molar-refractivity contribution is 7.90. The predicted molar refractivity (Wildman–Crippen MR) is 127 cm³/mol. The first-order chi connectivity index (χ1) is 16.7. The smallest absolute Gasteiger partial charge is 0.339 e. The molecular weight excluding hydrogens is 472 g/mol. The van der Waals surface area contributed by atoms with Gasteiger partial charge in [0.05, 0.1) is 40.2 Å². The molecule has 2 N–H and O–H groups in total. The molecule has 0 fully saturated rings. The largest absolute Gasteiger partial charge is 0.478 e. The third kappa shape index (κ3) is 4.73. The molecule has 0 saturated carbocycles. The van der Waals surface area contributed by atoms with Gasteiger partial charge in [-0.1, -0.05) is 36.4 Å². The van der Waals surface area contributed by atoms with E-state index in [-0.39, 0.29) is 33.0 Å². The number of esters is 1. The summed E-state index contributed by atoms with van der Waals surface area (Å²) in [5.41, 5.74) is 0.965. The quantitative estimate of drug-likeness (QED) is 0.500. The number of Topliss-reactive ketones (excluding diaryl/α,β-unsaturated/α-hetero) is 1. The number of allylic oxidation sites excluding steroid dienone is 2. The number of benzene rings is 3. The van der Waals surface area contributed by atoms with Gasteiger partial charge in [-0.05, 0) is 42.5 Å². The summed E-state index contributed by atoms with van der Waals surface area (Å²) >= 11 is 0. The van der Waals surface area contributed by atoms with Crippen molar-refractivity contribution in [3.8, 4) is 0 Å². The molecule has 0 amide bonds. The van der Waals surface area contributed by atoms with Gasteiger partial charge in [0.25, 0.3) is 10.0 Å². The maximum absolute atomic E-state index is 13.1. The lowest BCUT2D eigenvalue weighted by Crippen LogP contribution is -2.23. The van der Waals surface area contributed by atoms with Crippen molar-refractivity contribution in [3.63, 3.8) is 0 Å². The summed E-state index contributed by atoms with van der Waals surface area (Å²) in [6, 6.07) is 17.4. The normalized spacial score (nSPS) is 14.1. The van der Waals surface area contributed by atoms with E-state index < -0.39 is 27.7 Å². The second kappa shape index (κ2) is 9.35. The van der Waals surface area contributed by atoms with Crippen molar-refractivity contribution in [1.82, 2.24) is 0 Å². The van der Waals surface area contributed by atoms with E-state index in [2.05, 4.69) is 9.71 Å². The van der Waals surface area contributed by atoms with Crippen LogP contribution in [0.15, 0.2) is 93.9 Å². The molecule has 0 saturated heterocycles. The highest BCUT2D eigenvalue weighted by Gasteiger charge is 2.27. The van der Waals surface area contributed by atoms with Crippen molar-refractivity contribution in [2.45, 2.75) is 4.90 Å². The van der Waals surface area contributed by atoms with E-state index in [1.54, 1.807) is 42.5 Å². The van der Waals surface area contributed by atoms with Gasteiger partial charge in [-0.25, -0.2) is 9.59 Å². The minimum Gasteiger partial charge on any atom is -0.478 e. The Kier molecular flexibility index (Phi) is 6.30. The second-order valence-electron chi connectivity index (χ2n) is 7.38. The molecular formula is C25H18N2O7S. The number of methoxy groups -OCH3 is 1. The lowest BCUT2D eigenvalue weighted by Gasteiger charge is -2.19. The molecule has 4 rings (SSSR count). The number of hydrogen-bond acceptors (Lipinski definition) is 7. The number of rotatable bonds is 6. The first kappa shape index (κ1) is 23.6. The topological polar surface area (TPSA) is 139 Å². The zero-order valence-electron chi connectivity index (χ0n) is 18.3. The van der Waals surface area contributed by atoms with E-state index >= 15 is 0 Å². The van der Waals surface area contributed by atoms with E-state index in [1.165, 1.54) is 31.4 Å². The summed E-state index contributed by atoms with van der Waals surface area (Å²) in [7, 11) is -3.01. The van der Waals surface area contributed by atoms with Crippen molar-refractivity contribution in [1.29, 1.82) is 0 Å². The van der Waals surface area contributed by atoms with Crippen LogP contribution in [0.3, 0.4) is 0 Å². The molecule has 176 valence electrons. The number of carboxylic acids is 1. The summed E-state index contributed by atoms with van der Waals surface area (Å²) in [6.07, 6.45) is 1.29. The Morgan fingerprint density at radius 3 is 2.20 bits per heavy atom. The van der Waals surface area contributed by atoms with E-state index in [0.717, 1.165) is 12.1 Å². The summed E-state index contributed by atoms with van der Waals surface area (Å²) in [5.74, 6) is -2.22. The van der Waals surface area contributed by atoms with Crippen LogP contribution in [0.2, 0.25) is 0 Å². The summed E-state index contributed by atoms with van der Waals surface area (Å²) in [5, 5.41) is 11.9. The van der Waals surface area contributed by atoms with E-state index in [1.807, 2.05) is 0 Å². The number of ketones is 1. The SMILES string of the molecule is COC(=O)c1ccccc1NC1=C/C(=N\S(=O)(=O)c2ccc(C(=O)O)cc2)c2ccccc2C1=O. The van der Waals surface area contributed by atoms with Crippen molar-refractivity contribution >= 4 is 39.1 Å². The molecule has 9 nitrogen and oxygen atoms in total. The fourth-order valence-corrected chi connectivity index (χ4v) is 4.47. The minimum atomic E-state index is -4.25. The molecule has 1 aliphatic carbocycles. The number of fused-ring (bicyclic) bond motifs is 1. The Balaban J connectivity index is 1.80. The number of aromatic carboxylic acids is 1. The number of nitrogens with zero attached hydrogens (tertiary/aromatic N) is 1. The van der Waals surface area contributed by atoms with Gasteiger partial charge in [-0.2, -0.15) is 12.8 Å². The molecule has 0 unspecified atom stereocenters. The zero-order valence-corrected chi connectivity index (χ0v) is 19.1. The van der Waals surface area contributed by atoms with Crippen LogP contribution in [-0.4, -0.2) is 44.1 Å². The Labute approximate surface area is 200 Å². The lowest BCUT2D eigenvalue weighted by atomic mass is 9.92. The van der Waals surface area contributed by atoms with Gasteiger partial charge in [-0.15, -0.1) is 0 Å². The average Bonchev–Trinajstić information content (AvgIpc) is 2.86.